The van der Waals surface area contributed by atoms with E-state index in [0.717, 1.165) is 5.56 Å². The van der Waals surface area contributed by atoms with Crippen LogP contribution in [-0.4, -0.2) is 19.3 Å². The van der Waals surface area contributed by atoms with Crippen molar-refractivity contribution < 1.29 is 14.6 Å². The van der Waals surface area contributed by atoms with Crippen LogP contribution in [0.3, 0.4) is 0 Å². The van der Waals surface area contributed by atoms with Crippen molar-refractivity contribution in [2.45, 2.75) is 33.6 Å². The van der Waals surface area contributed by atoms with E-state index >= 15 is 0 Å². The van der Waals surface area contributed by atoms with Crippen LogP contribution in [0.5, 0.6) is 17.2 Å². The van der Waals surface area contributed by atoms with Gasteiger partial charge >= 0.3 is 0 Å². The van der Waals surface area contributed by atoms with E-state index in [-0.39, 0.29) is 18.6 Å². The van der Waals surface area contributed by atoms with Gasteiger partial charge in [0.1, 0.15) is 0 Å². The second-order valence-corrected chi connectivity index (χ2v) is 4.48. The quantitative estimate of drug-likeness (QED) is 0.840. The average Bonchev–Trinajstić information content (AvgIpc) is 2.16. The molecule has 0 aliphatic carbocycles. The molecule has 0 heterocycles. The van der Waals surface area contributed by atoms with Gasteiger partial charge < -0.3 is 14.6 Å². The van der Waals surface area contributed by atoms with E-state index in [1.54, 1.807) is 0 Å². The summed E-state index contributed by atoms with van der Waals surface area (Å²) >= 11 is 0. The van der Waals surface area contributed by atoms with E-state index in [1.807, 2.05) is 12.1 Å². The molecule has 0 saturated heterocycles. The number of ether oxygens (including phenoxy) is 2. The lowest BCUT2D eigenvalue weighted by Crippen LogP contribution is -2.11. The van der Waals surface area contributed by atoms with Crippen molar-refractivity contribution >= 4 is 0 Å². The Hall–Kier alpha value is -1.38. The Morgan fingerprint density at radius 3 is 1.62 bits per heavy atom. The number of methoxy groups -OCH3 is 2. The van der Waals surface area contributed by atoms with Crippen LogP contribution in [-0.2, 0) is 5.41 Å². The summed E-state index contributed by atoms with van der Waals surface area (Å²) in [5, 5.41) is 9.73. The molecule has 0 spiro atoms. The predicted molar refractivity (Wildman–Crippen MR) is 66.6 cm³/mol. The summed E-state index contributed by atoms with van der Waals surface area (Å²) in [5.41, 5.74) is 1.06. The molecule has 16 heavy (non-hydrogen) atoms. The fourth-order valence-electron chi connectivity index (χ4n) is 1.33. The normalized spacial score (nSPS) is 10.6. The zero-order valence-corrected chi connectivity index (χ0v) is 9.92. The third-order valence-electron chi connectivity index (χ3n) is 2.35. The summed E-state index contributed by atoms with van der Waals surface area (Å²) in [7, 11) is 3.06. The first kappa shape index (κ1) is 14.6. The summed E-state index contributed by atoms with van der Waals surface area (Å²) in [6, 6.07) is 3.66. The molecule has 0 aromatic heterocycles. The van der Waals surface area contributed by atoms with Crippen LogP contribution < -0.4 is 9.47 Å². The molecule has 0 radical (unpaired) electrons. The minimum Gasteiger partial charge on any atom is -0.502 e. The Balaban J connectivity index is 0.00000225. The first-order chi connectivity index (χ1) is 6.90. The van der Waals surface area contributed by atoms with Gasteiger partial charge in [-0.25, -0.2) is 0 Å². The molecule has 0 saturated carbocycles. The number of phenolic OH excluding ortho intramolecular Hbond substituents is 1. The van der Waals surface area contributed by atoms with E-state index in [1.165, 1.54) is 14.2 Å². The maximum atomic E-state index is 9.73. The van der Waals surface area contributed by atoms with E-state index < -0.39 is 0 Å². The summed E-state index contributed by atoms with van der Waals surface area (Å²) in [4.78, 5) is 0. The Bertz CT molecular complexity index is 326. The van der Waals surface area contributed by atoms with Crippen molar-refractivity contribution in [3.8, 4) is 17.2 Å². The summed E-state index contributed by atoms with van der Waals surface area (Å²) in [6.07, 6.45) is 0. The van der Waals surface area contributed by atoms with Gasteiger partial charge in [-0.1, -0.05) is 28.2 Å². The van der Waals surface area contributed by atoms with Crippen molar-refractivity contribution in [1.82, 2.24) is 0 Å². The lowest BCUT2D eigenvalue weighted by Gasteiger charge is -2.21. The summed E-state index contributed by atoms with van der Waals surface area (Å²) < 4.78 is 10.2. The zero-order valence-electron chi connectivity index (χ0n) is 9.92. The van der Waals surface area contributed by atoms with E-state index in [9.17, 15) is 5.11 Å². The Labute approximate surface area is 98.0 Å². The fraction of sp³-hybridized carbons (Fsp3) is 0.538. The molecule has 1 aromatic carbocycles. The topological polar surface area (TPSA) is 38.7 Å². The number of aromatic hydroxyl groups is 1. The number of benzene rings is 1. The monoisotopic (exact) mass is 226 g/mol. The molecular weight excluding hydrogens is 204 g/mol. The smallest absolute Gasteiger partial charge is 0.200 e. The van der Waals surface area contributed by atoms with E-state index in [2.05, 4.69) is 20.8 Å². The lowest BCUT2D eigenvalue weighted by molar-refractivity contribution is 0.337. The molecule has 3 nitrogen and oxygen atoms in total. The Kier molecular flexibility index (Phi) is 4.66. The van der Waals surface area contributed by atoms with Crippen molar-refractivity contribution in [2.75, 3.05) is 14.2 Å². The molecular formula is C13H22O3. The third kappa shape index (κ3) is 2.81. The van der Waals surface area contributed by atoms with Gasteiger partial charge in [0.2, 0.25) is 5.75 Å². The molecule has 0 unspecified atom stereocenters. The molecule has 1 aromatic rings. The van der Waals surface area contributed by atoms with Crippen molar-refractivity contribution in [2.24, 2.45) is 0 Å². The zero-order chi connectivity index (χ0) is 11.6. The molecule has 1 N–H and O–H groups in total. The number of hydrogen-bond acceptors (Lipinski definition) is 3. The first-order valence-corrected chi connectivity index (χ1v) is 4.85. The van der Waals surface area contributed by atoms with Crippen LogP contribution in [0.2, 0.25) is 0 Å². The fourth-order valence-corrected chi connectivity index (χ4v) is 1.33. The molecule has 1 rings (SSSR count). The SMILES string of the molecule is C.COc1cc(C(C)(C)C)cc(OC)c1O. The highest BCUT2D eigenvalue weighted by atomic mass is 16.5. The first-order valence-electron chi connectivity index (χ1n) is 4.85. The number of rotatable bonds is 2. The molecule has 0 fully saturated rings. The van der Waals surface area contributed by atoms with E-state index in [4.69, 9.17) is 9.47 Å². The van der Waals surface area contributed by atoms with Crippen molar-refractivity contribution in [1.29, 1.82) is 0 Å². The van der Waals surface area contributed by atoms with E-state index in [0.29, 0.717) is 11.5 Å². The van der Waals surface area contributed by atoms with Crippen LogP contribution in [0.15, 0.2) is 12.1 Å². The summed E-state index contributed by atoms with van der Waals surface area (Å²) in [6.45, 7) is 6.29. The van der Waals surface area contributed by atoms with Gasteiger partial charge in [-0.15, -0.1) is 0 Å². The second kappa shape index (κ2) is 5.10. The maximum absolute atomic E-state index is 9.73. The number of hydrogen-bond donors (Lipinski definition) is 1. The molecule has 0 aliphatic rings. The van der Waals surface area contributed by atoms with Gasteiger partial charge in [0, 0.05) is 0 Å². The highest BCUT2D eigenvalue weighted by molar-refractivity contribution is 5.54. The summed E-state index contributed by atoms with van der Waals surface area (Å²) in [5.74, 6) is 0.937. The van der Waals surface area contributed by atoms with Gasteiger partial charge in [0.05, 0.1) is 14.2 Å². The van der Waals surface area contributed by atoms with Gasteiger partial charge in [-0.3, -0.25) is 0 Å². The van der Waals surface area contributed by atoms with Crippen LogP contribution >= 0.6 is 0 Å². The van der Waals surface area contributed by atoms with Gasteiger partial charge in [0.25, 0.3) is 0 Å². The van der Waals surface area contributed by atoms with Gasteiger partial charge in [0.15, 0.2) is 11.5 Å². The molecule has 0 aliphatic heterocycles. The van der Waals surface area contributed by atoms with Crippen LogP contribution in [0.25, 0.3) is 0 Å². The standard InChI is InChI=1S/C12H18O3.CH4/c1-12(2,3)8-6-9(14-4)11(13)10(7-8)15-5;/h6-7,13H,1-5H3;1H4. The second-order valence-electron chi connectivity index (χ2n) is 4.48. The number of phenols is 1. The molecule has 0 amide bonds. The highest BCUT2D eigenvalue weighted by Gasteiger charge is 2.19. The van der Waals surface area contributed by atoms with Crippen LogP contribution in [0.4, 0.5) is 0 Å². The van der Waals surface area contributed by atoms with Gasteiger partial charge in [-0.2, -0.15) is 0 Å². The minimum absolute atomic E-state index is 0. The molecule has 0 atom stereocenters. The Morgan fingerprint density at radius 1 is 1.00 bits per heavy atom. The van der Waals surface area contributed by atoms with Crippen LogP contribution in [0, 0.1) is 0 Å². The molecule has 92 valence electrons. The third-order valence-corrected chi connectivity index (χ3v) is 2.35. The molecule has 0 bridgehead atoms. The van der Waals surface area contributed by atoms with Crippen molar-refractivity contribution in [3.63, 3.8) is 0 Å². The van der Waals surface area contributed by atoms with Gasteiger partial charge in [-0.05, 0) is 23.1 Å². The largest absolute Gasteiger partial charge is 0.502 e. The van der Waals surface area contributed by atoms with Crippen molar-refractivity contribution in [3.05, 3.63) is 17.7 Å². The lowest BCUT2D eigenvalue weighted by atomic mass is 9.86. The minimum atomic E-state index is -0.00569. The Morgan fingerprint density at radius 2 is 1.38 bits per heavy atom. The van der Waals surface area contributed by atoms with Crippen LogP contribution in [0.1, 0.15) is 33.8 Å². The molecule has 3 heteroatoms. The average molecular weight is 226 g/mol. The predicted octanol–water partition coefficient (Wildman–Crippen LogP) is 3.34. The maximum Gasteiger partial charge on any atom is 0.200 e. The highest BCUT2D eigenvalue weighted by Crippen LogP contribution is 2.40.